The number of benzene rings is 2. The van der Waals surface area contributed by atoms with Gasteiger partial charge in [0.2, 0.25) is 5.91 Å². The molecule has 30 heavy (non-hydrogen) atoms. The molecule has 0 spiro atoms. The number of hydrogen-bond acceptors (Lipinski definition) is 5. The Balaban J connectivity index is 1.91. The number of methoxy groups -OCH3 is 1. The van der Waals surface area contributed by atoms with Crippen LogP contribution >= 0.6 is 11.8 Å². The molecule has 0 saturated heterocycles. The van der Waals surface area contributed by atoms with E-state index in [0.717, 1.165) is 17.0 Å². The summed E-state index contributed by atoms with van der Waals surface area (Å²) in [4.78, 5) is 14.3. The van der Waals surface area contributed by atoms with Crippen LogP contribution in [0, 0.1) is 0 Å². The van der Waals surface area contributed by atoms with Gasteiger partial charge >= 0.3 is 0 Å². The third-order valence-corrected chi connectivity index (χ3v) is 5.29. The summed E-state index contributed by atoms with van der Waals surface area (Å²) >= 11 is 1.36. The first kappa shape index (κ1) is 21.4. The van der Waals surface area contributed by atoms with Crippen LogP contribution in [0.15, 0.2) is 85.1 Å². The average Bonchev–Trinajstić information content (AvgIpc) is 3.22. The Hall–Kier alpha value is -3.32. The van der Waals surface area contributed by atoms with Crippen molar-refractivity contribution in [2.45, 2.75) is 5.16 Å². The number of ether oxygens (including phenoxy) is 1. The number of rotatable bonds is 10. The molecule has 0 aliphatic rings. The second kappa shape index (κ2) is 10.5. The standard InChI is InChI=1S/C23H24N4O2S/c1-4-15-26(16-5-2)21(28)17-30-23-25-24-22(18-11-13-20(29-3)14-12-18)27(23)19-9-7-6-8-10-19/h4-14H,1-2,15-17H2,3H3. The molecule has 0 aliphatic carbocycles. The van der Waals surface area contributed by atoms with Gasteiger partial charge in [0, 0.05) is 24.3 Å². The molecule has 0 bridgehead atoms. The number of carbonyl (C=O) groups is 1. The highest BCUT2D eigenvalue weighted by Crippen LogP contribution is 2.29. The second-order valence-corrected chi connectivity index (χ2v) is 7.31. The van der Waals surface area contributed by atoms with Gasteiger partial charge in [-0.2, -0.15) is 0 Å². The molecule has 154 valence electrons. The highest BCUT2D eigenvalue weighted by Gasteiger charge is 2.19. The van der Waals surface area contributed by atoms with Crippen LogP contribution in [-0.2, 0) is 4.79 Å². The van der Waals surface area contributed by atoms with Gasteiger partial charge in [-0.1, -0.05) is 42.1 Å². The summed E-state index contributed by atoms with van der Waals surface area (Å²) in [6.45, 7) is 8.39. The molecule has 2 aromatic carbocycles. The average molecular weight is 421 g/mol. The molecule has 0 N–H and O–H groups in total. The molecule has 0 atom stereocenters. The van der Waals surface area contributed by atoms with Gasteiger partial charge in [0.15, 0.2) is 11.0 Å². The molecule has 7 heteroatoms. The molecule has 0 saturated carbocycles. The summed E-state index contributed by atoms with van der Waals surface area (Å²) in [5.74, 6) is 1.71. The summed E-state index contributed by atoms with van der Waals surface area (Å²) < 4.78 is 7.21. The first-order chi connectivity index (χ1) is 14.7. The number of nitrogens with zero attached hydrogens (tertiary/aromatic N) is 4. The molecular weight excluding hydrogens is 396 g/mol. The third kappa shape index (κ3) is 4.99. The van der Waals surface area contributed by atoms with Crippen molar-refractivity contribution in [1.82, 2.24) is 19.7 Å². The van der Waals surface area contributed by atoms with E-state index in [1.807, 2.05) is 59.2 Å². The minimum atomic E-state index is -0.00610. The van der Waals surface area contributed by atoms with Gasteiger partial charge in [-0.25, -0.2) is 0 Å². The van der Waals surface area contributed by atoms with Crippen LogP contribution < -0.4 is 4.74 Å². The maximum absolute atomic E-state index is 12.6. The van der Waals surface area contributed by atoms with Crippen molar-refractivity contribution in [2.24, 2.45) is 0 Å². The van der Waals surface area contributed by atoms with Crippen molar-refractivity contribution in [1.29, 1.82) is 0 Å². The quantitative estimate of drug-likeness (QED) is 0.363. The molecule has 0 aliphatic heterocycles. The van der Waals surface area contributed by atoms with Gasteiger partial charge in [-0.3, -0.25) is 9.36 Å². The Labute approximate surface area is 180 Å². The molecule has 0 radical (unpaired) electrons. The summed E-state index contributed by atoms with van der Waals surface area (Å²) in [5.41, 5.74) is 1.84. The molecule has 3 aromatic rings. The summed E-state index contributed by atoms with van der Waals surface area (Å²) in [5, 5.41) is 9.43. The van der Waals surface area contributed by atoms with Crippen molar-refractivity contribution >= 4 is 17.7 Å². The van der Waals surface area contributed by atoms with Crippen LogP contribution in [0.25, 0.3) is 17.1 Å². The number of carbonyl (C=O) groups excluding carboxylic acids is 1. The minimum absolute atomic E-state index is 0.00610. The number of aromatic nitrogens is 3. The number of hydrogen-bond donors (Lipinski definition) is 0. The number of para-hydroxylation sites is 1. The maximum atomic E-state index is 12.6. The van der Waals surface area contributed by atoms with Gasteiger partial charge in [0.1, 0.15) is 5.75 Å². The highest BCUT2D eigenvalue weighted by atomic mass is 32.2. The largest absolute Gasteiger partial charge is 0.497 e. The van der Waals surface area contributed by atoms with E-state index in [-0.39, 0.29) is 11.7 Å². The molecular formula is C23H24N4O2S. The lowest BCUT2D eigenvalue weighted by atomic mass is 10.2. The predicted molar refractivity (Wildman–Crippen MR) is 121 cm³/mol. The number of thioether (sulfide) groups is 1. The second-order valence-electron chi connectivity index (χ2n) is 6.37. The van der Waals surface area contributed by atoms with E-state index < -0.39 is 0 Å². The van der Waals surface area contributed by atoms with Gasteiger partial charge in [0.25, 0.3) is 0 Å². The summed E-state index contributed by atoms with van der Waals surface area (Å²) in [6.07, 6.45) is 3.42. The Kier molecular flexibility index (Phi) is 7.45. The van der Waals surface area contributed by atoms with E-state index >= 15 is 0 Å². The molecule has 0 unspecified atom stereocenters. The number of amides is 1. The topological polar surface area (TPSA) is 60.3 Å². The van der Waals surface area contributed by atoms with Crippen LogP contribution in [0.2, 0.25) is 0 Å². The molecule has 0 fully saturated rings. The van der Waals surface area contributed by atoms with Gasteiger partial charge < -0.3 is 9.64 Å². The van der Waals surface area contributed by atoms with Crippen LogP contribution in [0.5, 0.6) is 5.75 Å². The van der Waals surface area contributed by atoms with Gasteiger partial charge in [0.05, 0.1) is 12.9 Å². The molecule has 1 aromatic heterocycles. The normalized spacial score (nSPS) is 10.4. The third-order valence-electron chi connectivity index (χ3n) is 4.37. The Morgan fingerprint density at radius 2 is 1.73 bits per heavy atom. The lowest BCUT2D eigenvalue weighted by Crippen LogP contribution is -2.32. The van der Waals surface area contributed by atoms with Crippen molar-refractivity contribution in [3.05, 3.63) is 79.9 Å². The fraction of sp³-hybridized carbons (Fsp3) is 0.174. The molecule has 3 rings (SSSR count). The van der Waals surface area contributed by atoms with Crippen molar-refractivity contribution in [2.75, 3.05) is 26.0 Å². The van der Waals surface area contributed by atoms with Crippen molar-refractivity contribution in [3.63, 3.8) is 0 Å². The van der Waals surface area contributed by atoms with E-state index in [1.165, 1.54) is 11.8 Å². The fourth-order valence-electron chi connectivity index (χ4n) is 2.91. The zero-order valence-electron chi connectivity index (χ0n) is 16.9. The van der Waals surface area contributed by atoms with Crippen LogP contribution in [0.4, 0.5) is 0 Å². The van der Waals surface area contributed by atoms with Crippen LogP contribution in [-0.4, -0.2) is 51.5 Å². The van der Waals surface area contributed by atoms with E-state index in [2.05, 4.69) is 23.4 Å². The summed E-state index contributed by atoms with van der Waals surface area (Å²) in [7, 11) is 1.63. The van der Waals surface area contributed by atoms with Gasteiger partial charge in [-0.15, -0.1) is 23.4 Å². The molecule has 1 amide bonds. The Bertz CT molecular complexity index is 990. The van der Waals surface area contributed by atoms with E-state index in [0.29, 0.717) is 24.1 Å². The van der Waals surface area contributed by atoms with E-state index in [4.69, 9.17) is 4.74 Å². The van der Waals surface area contributed by atoms with Crippen molar-refractivity contribution in [3.8, 4) is 22.8 Å². The maximum Gasteiger partial charge on any atom is 0.233 e. The molecule has 6 nitrogen and oxygen atoms in total. The SMILES string of the molecule is C=CCN(CC=C)C(=O)CSc1nnc(-c2ccc(OC)cc2)n1-c1ccccc1. The summed E-state index contributed by atoms with van der Waals surface area (Å²) in [6, 6.07) is 17.5. The highest BCUT2D eigenvalue weighted by molar-refractivity contribution is 7.99. The van der Waals surface area contributed by atoms with E-state index in [9.17, 15) is 4.79 Å². The zero-order valence-corrected chi connectivity index (χ0v) is 17.7. The Morgan fingerprint density at radius 1 is 1.07 bits per heavy atom. The van der Waals surface area contributed by atoms with Gasteiger partial charge in [-0.05, 0) is 36.4 Å². The van der Waals surface area contributed by atoms with Crippen LogP contribution in [0.1, 0.15) is 0 Å². The lowest BCUT2D eigenvalue weighted by molar-refractivity contribution is -0.127. The fourth-order valence-corrected chi connectivity index (χ4v) is 3.76. The zero-order chi connectivity index (χ0) is 21.3. The first-order valence-corrected chi connectivity index (χ1v) is 10.4. The predicted octanol–water partition coefficient (Wildman–Crippen LogP) is 4.24. The lowest BCUT2D eigenvalue weighted by Gasteiger charge is -2.19. The van der Waals surface area contributed by atoms with E-state index in [1.54, 1.807) is 24.2 Å². The minimum Gasteiger partial charge on any atom is -0.497 e. The first-order valence-electron chi connectivity index (χ1n) is 9.45. The molecule has 1 heterocycles. The smallest absolute Gasteiger partial charge is 0.233 e. The van der Waals surface area contributed by atoms with Crippen molar-refractivity contribution < 1.29 is 9.53 Å². The monoisotopic (exact) mass is 420 g/mol. The Morgan fingerprint density at radius 3 is 2.33 bits per heavy atom. The van der Waals surface area contributed by atoms with Crippen LogP contribution in [0.3, 0.4) is 0 Å².